The van der Waals surface area contributed by atoms with Gasteiger partial charge >= 0.3 is 0 Å². The summed E-state index contributed by atoms with van der Waals surface area (Å²) in [5, 5.41) is 25.8. The molecule has 2 N–H and O–H groups in total. The summed E-state index contributed by atoms with van der Waals surface area (Å²) in [5.74, 6) is 0.302. The van der Waals surface area contributed by atoms with Crippen molar-refractivity contribution in [1.29, 1.82) is 5.26 Å². The Bertz CT molecular complexity index is 1380. The number of rotatable bonds is 6. The number of hydrogen-bond acceptors (Lipinski definition) is 7. The van der Waals surface area contributed by atoms with Gasteiger partial charge in [0.2, 0.25) is 5.82 Å². The first-order valence-corrected chi connectivity index (χ1v) is 11.6. The molecule has 1 amide bonds. The number of nitriles is 1. The van der Waals surface area contributed by atoms with Gasteiger partial charge in [-0.2, -0.15) is 10.5 Å². The molecule has 0 bridgehead atoms. The van der Waals surface area contributed by atoms with E-state index in [1.54, 1.807) is 6.20 Å². The number of allylic oxidation sites excluding steroid dienone is 1. The second-order valence-electron chi connectivity index (χ2n) is 8.29. The van der Waals surface area contributed by atoms with E-state index >= 15 is 0 Å². The Balaban J connectivity index is 1.21. The summed E-state index contributed by atoms with van der Waals surface area (Å²) in [7, 11) is 0. The zero-order valence-electron chi connectivity index (χ0n) is 19.5. The number of H-pyrrole nitrogens is 1. The highest BCUT2D eigenvalue weighted by Crippen LogP contribution is 2.26. The van der Waals surface area contributed by atoms with Gasteiger partial charge in [-0.3, -0.25) is 4.79 Å². The molecule has 9 heteroatoms. The molecule has 0 spiro atoms. The van der Waals surface area contributed by atoms with Gasteiger partial charge in [0.25, 0.3) is 5.91 Å². The van der Waals surface area contributed by atoms with Crippen LogP contribution in [0.5, 0.6) is 0 Å². The maximum absolute atomic E-state index is 13.4. The van der Waals surface area contributed by atoms with E-state index in [4.69, 9.17) is 0 Å². The van der Waals surface area contributed by atoms with E-state index < -0.39 is 0 Å². The summed E-state index contributed by atoms with van der Waals surface area (Å²) in [4.78, 5) is 17.6. The average Bonchev–Trinajstić information content (AvgIpc) is 3.49. The molecule has 0 radical (unpaired) electrons. The molecule has 1 aliphatic heterocycles. The summed E-state index contributed by atoms with van der Waals surface area (Å²) in [6.45, 7) is 2.81. The number of nitrogens with one attached hydrogen (secondary N) is 2. The van der Waals surface area contributed by atoms with Gasteiger partial charge in [-0.15, -0.1) is 10.2 Å². The fourth-order valence-electron chi connectivity index (χ4n) is 4.22. The van der Waals surface area contributed by atoms with Crippen molar-refractivity contribution in [2.24, 2.45) is 0 Å². The molecule has 9 nitrogen and oxygen atoms in total. The van der Waals surface area contributed by atoms with Crippen LogP contribution in [-0.2, 0) is 0 Å². The van der Waals surface area contributed by atoms with Crippen molar-refractivity contribution >= 4 is 22.9 Å². The van der Waals surface area contributed by atoms with Crippen LogP contribution in [0.3, 0.4) is 0 Å². The van der Waals surface area contributed by atoms with Gasteiger partial charge in [-0.05, 0) is 46.7 Å². The van der Waals surface area contributed by atoms with Crippen LogP contribution in [0.4, 0.5) is 11.4 Å². The van der Waals surface area contributed by atoms with Crippen molar-refractivity contribution < 1.29 is 4.79 Å². The van der Waals surface area contributed by atoms with Crippen molar-refractivity contribution in [2.75, 3.05) is 36.4 Å². The highest BCUT2D eigenvalue weighted by molar-refractivity contribution is 6.01. The molecule has 178 valence electrons. The van der Waals surface area contributed by atoms with Crippen LogP contribution in [0.15, 0.2) is 85.1 Å². The van der Waals surface area contributed by atoms with Crippen LogP contribution in [0.2, 0.25) is 0 Å². The maximum Gasteiger partial charge on any atom is 0.254 e. The van der Waals surface area contributed by atoms with E-state index in [-0.39, 0.29) is 17.3 Å². The summed E-state index contributed by atoms with van der Waals surface area (Å²) in [5.41, 5.74) is 4.94. The topological polar surface area (TPSA) is 114 Å². The maximum atomic E-state index is 13.4. The highest BCUT2D eigenvalue weighted by atomic mass is 16.2. The van der Waals surface area contributed by atoms with Gasteiger partial charge in [0, 0.05) is 49.3 Å². The first-order chi connectivity index (χ1) is 17.7. The Morgan fingerprint density at radius 1 is 0.944 bits per heavy atom. The first-order valence-electron chi connectivity index (χ1n) is 11.6. The molecular formula is C27H24N8O. The van der Waals surface area contributed by atoms with Gasteiger partial charge in [0.1, 0.15) is 11.6 Å². The molecule has 0 aliphatic carbocycles. The zero-order valence-corrected chi connectivity index (χ0v) is 19.5. The molecule has 1 aliphatic rings. The van der Waals surface area contributed by atoms with Crippen molar-refractivity contribution in [3.8, 4) is 17.2 Å². The molecule has 36 heavy (non-hydrogen) atoms. The van der Waals surface area contributed by atoms with E-state index in [1.807, 2.05) is 89.8 Å². The highest BCUT2D eigenvalue weighted by Gasteiger charge is 2.24. The van der Waals surface area contributed by atoms with E-state index in [0.29, 0.717) is 13.1 Å². The third kappa shape index (κ3) is 4.93. The predicted molar refractivity (Wildman–Crippen MR) is 138 cm³/mol. The van der Waals surface area contributed by atoms with E-state index in [1.165, 1.54) is 0 Å². The summed E-state index contributed by atoms with van der Waals surface area (Å²) >= 11 is 0. The number of carbonyl (C=O) groups is 1. The molecular weight excluding hydrogens is 452 g/mol. The van der Waals surface area contributed by atoms with E-state index in [2.05, 4.69) is 30.8 Å². The minimum absolute atomic E-state index is 0.0651. The number of tetrazole rings is 1. The number of piperazine rings is 1. The third-order valence-corrected chi connectivity index (χ3v) is 6.13. The van der Waals surface area contributed by atoms with Crippen molar-refractivity contribution in [3.05, 3.63) is 96.5 Å². The Labute approximate surface area is 208 Å². The minimum Gasteiger partial charge on any atom is -0.368 e. The van der Waals surface area contributed by atoms with E-state index in [0.717, 1.165) is 41.2 Å². The summed E-state index contributed by atoms with van der Waals surface area (Å²) in [6, 6.07) is 27.8. The Kier molecular flexibility index (Phi) is 6.67. The Morgan fingerprint density at radius 3 is 2.36 bits per heavy atom. The predicted octanol–water partition coefficient (Wildman–Crippen LogP) is 3.81. The summed E-state index contributed by atoms with van der Waals surface area (Å²) < 4.78 is 0. The SMILES string of the molecule is N#CC(=CNc1ccc(N2CCN(C(=O)c3ccccc3-c3ccccc3)CC2)cc1)c1nn[nH]n1. The van der Waals surface area contributed by atoms with Gasteiger partial charge in [0.15, 0.2) is 0 Å². The average molecular weight is 477 g/mol. The van der Waals surface area contributed by atoms with Crippen LogP contribution < -0.4 is 10.2 Å². The quantitative estimate of drug-likeness (QED) is 0.407. The van der Waals surface area contributed by atoms with E-state index in [9.17, 15) is 10.1 Å². The number of benzene rings is 3. The van der Waals surface area contributed by atoms with Crippen LogP contribution in [0, 0.1) is 11.3 Å². The monoisotopic (exact) mass is 476 g/mol. The van der Waals surface area contributed by atoms with Crippen molar-refractivity contribution in [2.45, 2.75) is 0 Å². The molecule has 1 fully saturated rings. The van der Waals surface area contributed by atoms with Crippen LogP contribution in [0.1, 0.15) is 16.2 Å². The molecule has 0 unspecified atom stereocenters. The fraction of sp³-hybridized carbons (Fsp3) is 0.148. The molecule has 2 heterocycles. The Hall–Kier alpha value is -4.97. The lowest BCUT2D eigenvalue weighted by Gasteiger charge is -2.36. The summed E-state index contributed by atoms with van der Waals surface area (Å²) in [6.07, 6.45) is 1.55. The Morgan fingerprint density at radius 2 is 1.67 bits per heavy atom. The van der Waals surface area contributed by atoms with Crippen LogP contribution in [0.25, 0.3) is 16.7 Å². The van der Waals surface area contributed by atoms with Crippen LogP contribution in [-0.4, -0.2) is 57.6 Å². The molecule has 4 aromatic rings. The second-order valence-corrected chi connectivity index (χ2v) is 8.29. The van der Waals surface area contributed by atoms with Crippen molar-refractivity contribution in [1.82, 2.24) is 25.5 Å². The number of nitrogens with zero attached hydrogens (tertiary/aromatic N) is 6. The van der Waals surface area contributed by atoms with Crippen LogP contribution >= 0.6 is 0 Å². The number of amides is 1. The molecule has 1 aromatic heterocycles. The van der Waals surface area contributed by atoms with Gasteiger partial charge in [-0.1, -0.05) is 48.5 Å². The van der Waals surface area contributed by atoms with Gasteiger partial charge in [-0.25, -0.2) is 0 Å². The second kappa shape index (κ2) is 10.5. The minimum atomic E-state index is 0.0651. The molecule has 3 aromatic carbocycles. The largest absolute Gasteiger partial charge is 0.368 e. The number of aromatic amines is 1. The molecule has 0 atom stereocenters. The zero-order chi connectivity index (χ0) is 24.7. The van der Waals surface area contributed by atoms with Crippen molar-refractivity contribution in [3.63, 3.8) is 0 Å². The molecule has 0 saturated carbocycles. The number of hydrogen-bond donors (Lipinski definition) is 2. The smallest absolute Gasteiger partial charge is 0.254 e. The molecule has 1 saturated heterocycles. The molecule has 5 rings (SSSR count). The van der Waals surface area contributed by atoms with Gasteiger partial charge < -0.3 is 15.1 Å². The number of aromatic nitrogens is 4. The first kappa shape index (κ1) is 22.8. The fourth-order valence-corrected chi connectivity index (χ4v) is 4.22. The lowest BCUT2D eigenvalue weighted by atomic mass is 9.98. The number of anilines is 2. The lowest BCUT2D eigenvalue weighted by molar-refractivity contribution is 0.0747. The number of carbonyl (C=O) groups excluding carboxylic acids is 1. The normalized spacial score (nSPS) is 13.8. The third-order valence-electron chi connectivity index (χ3n) is 6.13. The van der Waals surface area contributed by atoms with Gasteiger partial charge in [0.05, 0.1) is 0 Å². The standard InChI is InChI=1S/C27H24N8O/c28-18-21(26-30-32-33-31-26)19-29-22-10-12-23(13-11-22)34-14-16-35(17-15-34)27(36)25-9-5-4-8-24(25)20-6-2-1-3-7-20/h1-13,19,29H,14-17H2,(H,30,31,32,33). The lowest BCUT2D eigenvalue weighted by Crippen LogP contribution is -2.48.